The summed E-state index contributed by atoms with van der Waals surface area (Å²) in [6, 6.07) is 20.2. The molecule has 1 N–H and O–H groups in total. The summed E-state index contributed by atoms with van der Waals surface area (Å²) in [5, 5.41) is 5.13. The predicted molar refractivity (Wildman–Crippen MR) is 123 cm³/mol. The van der Waals surface area contributed by atoms with Crippen LogP contribution in [-0.2, 0) is 6.61 Å². The number of amides is 1. The second-order valence-corrected chi connectivity index (χ2v) is 7.88. The Morgan fingerprint density at radius 2 is 1.80 bits per heavy atom. The van der Waals surface area contributed by atoms with E-state index in [2.05, 4.69) is 36.5 Å². The van der Waals surface area contributed by atoms with Crippen LogP contribution in [0.4, 0.5) is 0 Å². The van der Waals surface area contributed by atoms with E-state index in [1.165, 1.54) is 5.56 Å². The number of hydrogen-bond acceptors (Lipinski definition) is 3. The van der Waals surface area contributed by atoms with Gasteiger partial charge in [-0.05, 0) is 41.3 Å². The normalized spacial score (nSPS) is 11.1. The predicted octanol–water partition coefficient (Wildman–Crippen LogP) is 6.46. The first-order valence-corrected chi connectivity index (χ1v) is 10.3. The Balaban J connectivity index is 1.64. The van der Waals surface area contributed by atoms with Crippen molar-refractivity contribution in [1.29, 1.82) is 0 Å². The summed E-state index contributed by atoms with van der Waals surface area (Å²) in [4.78, 5) is 12.6. The lowest BCUT2D eigenvalue weighted by molar-refractivity contribution is 0.0950. The maximum Gasteiger partial charge on any atom is 0.275 e. The molecule has 3 aromatic rings. The molecule has 0 fully saturated rings. The number of benzene rings is 3. The Labute approximate surface area is 186 Å². The van der Waals surface area contributed by atoms with Crippen LogP contribution in [0, 0.1) is 0 Å². The minimum absolute atomic E-state index is 0.214. The number of carbonyl (C=O) groups excluding carboxylic acids is 1. The van der Waals surface area contributed by atoms with Crippen LogP contribution in [-0.4, -0.2) is 12.1 Å². The molecular formula is C24H22Cl2N2O2. The number of hydrogen-bond donors (Lipinski definition) is 1. The highest BCUT2D eigenvalue weighted by Gasteiger charge is 2.12. The lowest BCUT2D eigenvalue weighted by atomic mass is 10.0. The third-order valence-electron chi connectivity index (χ3n) is 4.51. The minimum Gasteiger partial charge on any atom is -0.488 e. The average molecular weight is 441 g/mol. The Morgan fingerprint density at radius 3 is 2.50 bits per heavy atom. The van der Waals surface area contributed by atoms with E-state index in [9.17, 15) is 4.79 Å². The summed E-state index contributed by atoms with van der Waals surface area (Å²) in [6.07, 6.45) is 1.61. The topological polar surface area (TPSA) is 50.7 Å². The van der Waals surface area contributed by atoms with Gasteiger partial charge in [-0.1, -0.05) is 79.5 Å². The number of halogens is 2. The van der Waals surface area contributed by atoms with Crippen molar-refractivity contribution >= 4 is 35.3 Å². The molecule has 0 aliphatic heterocycles. The number of nitrogens with zero attached hydrogens (tertiary/aromatic N) is 1. The van der Waals surface area contributed by atoms with Crippen LogP contribution in [0.2, 0.25) is 10.0 Å². The van der Waals surface area contributed by atoms with Crippen molar-refractivity contribution in [2.75, 3.05) is 0 Å². The third-order valence-corrected chi connectivity index (χ3v) is 5.10. The van der Waals surface area contributed by atoms with Crippen LogP contribution in [0.1, 0.15) is 46.8 Å². The molecule has 0 aliphatic rings. The molecule has 0 atom stereocenters. The SMILES string of the molecule is CC(C)c1ccc(/C=N/NC(=O)c2ccccc2OCc2ccc(Cl)cc2Cl)cc1. The zero-order chi connectivity index (χ0) is 21.5. The number of carbonyl (C=O) groups is 1. The number of rotatable bonds is 7. The molecule has 6 heteroatoms. The molecule has 0 saturated heterocycles. The first kappa shape index (κ1) is 21.9. The van der Waals surface area contributed by atoms with Gasteiger partial charge in [0, 0.05) is 15.6 Å². The molecule has 0 radical (unpaired) electrons. The van der Waals surface area contributed by atoms with Crippen molar-refractivity contribution in [3.8, 4) is 5.75 Å². The molecule has 0 unspecified atom stereocenters. The van der Waals surface area contributed by atoms with Gasteiger partial charge in [0.2, 0.25) is 0 Å². The number of para-hydroxylation sites is 1. The maximum absolute atomic E-state index is 12.6. The van der Waals surface area contributed by atoms with E-state index in [1.54, 1.807) is 48.7 Å². The van der Waals surface area contributed by atoms with Gasteiger partial charge in [0.1, 0.15) is 12.4 Å². The quantitative estimate of drug-likeness (QED) is 0.338. The minimum atomic E-state index is -0.358. The van der Waals surface area contributed by atoms with E-state index in [0.717, 1.165) is 11.1 Å². The van der Waals surface area contributed by atoms with Gasteiger partial charge in [-0.2, -0.15) is 5.10 Å². The standard InChI is InChI=1S/C24H22Cl2N2O2/c1-16(2)18-9-7-17(8-10-18)14-27-28-24(29)21-5-3-4-6-23(21)30-15-19-11-12-20(25)13-22(19)26/h3-14,16H,15H2,1-2H3,(H,28,29)/b27-14+. The molecule has 4 nitrogen and oxygen atoms in total. The van der Waals surface area contributed by atoms with Crippen molar-refractivity contribution in [2.45, 2.75) is 26.4 Å². The summed E-state index contributed by atoms with van der Waals surface area (Å²) >= 11 is 12.1. The number of nitrogens with one attached hydrogen (secondary N) is 1. The van der Waals surface area contributed by atoms with Gasteiger partial charge in [-0.3, -0.25) is 4.79 Å². The van der Waals surface area contributed by atoms with Gasteiger partial charge in [0.15, 0.2) is 0 Å². The molecule has 3 aromatic carbocycles. The third kappa shape index (κ3) is 5.85. The van der Waals surface area contributed by atoms with Crippen molar-refractivity contribution in [2.24, 2.45) is 5.10 Å². The zero-order valence-corrected chi connectivity index (χ0v) is 18.2. The van der Waals surface area contributed by atoms with Crippen LogP contribution in [0.5, 0.6) is 5.75 Å². The molecular weight excluding hydrogens is 419 g/mol. The fourth-order valence-corrected chi connectivity index (χ4v) is 3.23. The molecule has 154 valence electrons. The molecule has 0 heterocycles. The van der Waals surface area contributed by atoms with E-state index in [-0.39, 0.29) is 12.5 Å². The van der Waals surface area contributed by atoms with Gasteiger partial charge in [0.05, 0.1) is 11.8 Å². The lowest BCUT2D eigenvalue weighted by Crippen LogP contribution is -2.18. The van der Waals surface area contributed by atoms with Crippen molar-refractivity contribution in [3.05, 3.63) is 99.0 Å². The van der Waals surface area contributed by atoms with Crippen molar-refractivity contribution in [1.82, 2.24) is 5.43 Å². The Kier molecular flexibility index (Phi) is 7.50. The molecule has 0 spiro atoms. The van der Waals surface area contributed by atoms with Gasteiger partial charge in [-0.25, -0.2) is 5.43 Å². The van der Waals surface area contributed by atoms with Gasteiger partial charge in [0.25, 0.3) is 5.91 Å². The second-order valence-electron chi connectivity index (χ2n) is 7.04. The molecule has 1 amide bonds. The molecule has 0 saturated carbocycles. The van der Waals surface area contributed by atoms with Crippen molar-refractivity contribution < 1.29 is 9.53 Å². The van der Waals surface area contributed by atoms with Crippen LogP contribution < -0.4 is 10.2 Å². The Hall–Kier alpha value is -2.82. The smallest absolute Gasteiger partial charge is 0.275 e. The summed E-state index contributed by atoms with van der Waals surface area (Å²) in [5.41, 5.74) is 5.87. The summed E-state index contributed by atoms with van der Waals surface area (Å²) in [5.74, 6) is 0.551. The van der Waals surface area contributed by atoms with Crippen LogP contribution in [0.15, 0.2) is 71.8 Å². The first-order valence-electron chi connectivity index (χ1n) is 9.53. The summed E-state index contributed by atoms with van der Waals surface area (Å²) in [6.45, 7) is 4.50. The van der Waals surface area contributed by atoms with E-state index < -0.39 is 0 Å². The maximum atomic E-state index is 12.6. The fraction of sp³-hybridized carbons (Fsp3) is 0.167. The average Bonchev–Trinajstić information content (AvgIpc) is 2.73. The summed E-state index contributed by atoms with van der Waals surface area (Å²) < 4.78 is 5.82. The Morgan fingerprint density at radius 1 is 1.07 bits per heavy atom. The molecule has 0 bridgehead atoms. The van der Waals surface area contributed by atoms with Gasteiger partial charge < -0.3 is 4.74 Å². The zero-order valence-electron chi connectivity index (χ0n) is 16.7. The highest BCUT2D eigenvalue weighted by molar-refractivity contribution is 6.35. The molecule has 0 aliphatic carbocycles. The van der Waals surface area contributed by atoms with Crippen LogP contribution >= 0.6 is 23.2 Å². The molecule has 30 heavy (non-hydrogen) atoms. The molecule has 0 aromatic heterocycles. The number of hydrazone groups is 1. The van der Waals surface area contributed by atoms with Gasteiger partial charge in [-0.15, -0.1) is 0 Å². The Bertz CT molecular complexity index is 1050. The fourth-order valence-electron chi connectivity index (χ4n) is 2.77. The van der Waals surface area contributed by atoms with Crippen molar-refractivity contribution in [3.63, 3.8) is 0 Å². The largest absolute Gasteiger partial charge is 0.488 e. The number of ether oxygens (including phenoxy) is 1. The van der Waals surface area contributed by atoms with Crippen LogP contribution in [0.3, 0.4) is 0 Å². The van der Waals surface area contributed by atoms with Crippen LogP contribution in [0.25, 0.3) is 0 Å². The van der Waals surface area contributed by atoms with Gasteiger partial charge >= 0.3 is 0 Å². The van der Waals surface area contributed by atoms with E-state index >= 15 is 0 Å². The second kappa shape index (κ2) is 10.3. The van der Waals surface area contributed by atoms with E-state index in [4.69, 9.17) is 27.9 Å². The lowest BCUT2D eigenvalue weighted by Gasteiger charge is -2.11. The first-order chi connectivity index (χ1) is 14.4. The molecule has 3 rings (SSSR count). The highest BCUT2D eigenvalue weighted by Crippen LogP contribution is 2.24. The summed E-state index contributed by atoms with van der Waals surface area (Å²) in [7, 11) is 0. The highest BCUT2D eigenvalue weighted by atomic mass is 35.5. The van der Waals surface area contributed by atoms with E-state index in [0.29, 0.717) is 27.3 Å². The monoisotopic (exact) mass is 440 g/mol. The van der Waals surface area contributed by atoms with E-state index in [1.807, 2.05) is 12.1 Å².